The van der Waals surface area contributed by atoms with Gasteiger partial charge >= 0.3 is 0 Å². The first kappa shape index (κ1) is 9.83. The highest BCUT2D eigenvalue weighted by Gasteiger charge is 2.08. The molecule has 1 N–H and O–H groups in total. The number of rotatable bonds is 2. The summed E-state index contributed by atoms with van der Waals surface area (Å²) in [5.74, 6) is 0.854. The predicted octanol–water partition coefficient (Wildman–Crippen LogP) is 1.80. The summed E-state index contributed by atoms with van der Waals surface area (Å²) in [6.07, 6.45) is 0. The number of nitrogens with one attached hydrogen (secondary N) is 1. The number of hydrogen-bond acceptors (Lipinski definition) is 4. The van der Waals surface area contributed by atoms with E-state index in [2.05, 4.69) is 10.3 Å². The zero-order chi connectivity index (χ0) is 10.7. The van der Waals surface area contributed by atoms with E-state index in [1.165, 1.54) is 0 Å². The Morgan fingerprint density at radius 3 is 2.93 bits per heavy atom. The molecule has 1 heterocycles. The van der Waals surface area contributed by atoms with Crippen molar-refractivity contribution in [3.63, 3.8) is 0 Å². The quantitative estimate of drug-likeness (QED) is 0.802. The van der Waals surface area contributed by atoms with Gasteiger partial charge in [-0.15, -0.1) is 0 Å². The van der Waals surface area contributed by atoms with Gasteiger partial charge in [0.05, 0.1) is 13.7 Å². The molecule has 1 aliphatic heterocycles. The third-order valence-electron chi connectivity index (χ3n) is 2.26. The molecule has 0 unspecified atom stereocenters. The first-order valence-electron chi connectivity index (χ1n) is 4.88. The van der Waals surface area contributed by atoms with Crippen LogP contribution < -0.4 is 10.1 Å². The summed E-state index contributed by atoms with van der Waals surface area (Å²) in [7, 11) is 1.66. The minimum absolute atomic E-state index is 0.600. The molecule has 4 heteroatoms. The number of amidine groups is 1. The van der Waals surface area contributed by atoms with E-state index in [4.69, 9.17) is 9.47 Å². The van der Waals surface area contributed by atoms with E-state index >= 15 is 0 Å². The molecule has 1 aromatic rings. The van der Waals surface area contributed by atoms with Crippen molar-refractivity contribution < 1.29 is 9.47 Å². The normalized spacial score (nSPS) is 14.4. The highest BCUT2D eigenvalue weighted by molar-refractivity contribution is 5.90. The molecule has 1 aromatic carbocycles. The number of benzene rings is 1. The van der Waals surface area contributed by atoms with Crippen LogP contribution in [-0.4, -0.2) is 26.3 Å². The molecule has 0 amide bonds. The van der Waals surface area contributed by atoms with Crippen LogP contribution in [0.5, 0.6) is 5.75 Å². The summed E-state index contributed by atoms with van der Waals surface area (Å²) >= 11 is 0. The van der Waals surface area contributed by atoms with Crippen molar-refractivity contribution in [3.8, 4) is 5.75 Å². The lowest BCUT2D eigenvalue weighted by Crippen LogP contribution is -2.12. The predicted molar refractivity (Wildman–Crippen MR) is 59.6 cm³/mol. The van der Waals surface area contributed by atoms with Crippen molar-refractivity contribution in [2.45, 2.75) is 6.92 Å². The Labute approximate surface area is 88.9 Å². The van der Waals surface area contributed by atoms with Crippen LogP contribution in [0.15, 0.2) is 23.2 Å². The van der Waals surface area contributed by atoms with Crippen molar-refractivity contribution in [2.24, 2.45) is 4.99 Å². The molecular weight excluding hydrogens is 192 g/mol. The van der Waals surface area contributed by atoms with Gasteiger partial charge in [-0.05, 0) is 30.7 Å². The Hall–Kier alpha value is -1.71. The average molecular weight is 206 g/mol. The Morgan fingerprint density at radius 2 is 2.33 bits per heavy atom. The van der Waals surface area contributed by atoms with Crippen molar-refractivity contribution >= 4 is 11.7 Å². The Bertz CT molecular complexity index is 388. The third kappa shape index (κ3) is 2.21. The van der Waals surface area contributed by atoms with Crippen LogP contribution in [-0.2, 0) is 4.74 Å². The molecule has 15 heavy (non-hydrogen) atoms. The van der Waals surface area contributed by atoms with Crippen LogP contribution in [0.1, 0.15) is 5.56 Å². The van der Waals surface area contributed by atoms with Gasteiger partial charge in [0.15, 0.2) is 0 Å². The second-order valence-corrected chi connectivity index (χ2v) is 3.34. The summed E-state index contributed by atoms with van der Waals surface area (Å²) in [5, 5.41) is 3.13. The van der Waals surface area contributed by atoms with E-state index < -0.39 is 0 Å². The number of aryl methyl sites for hydroxylation is 1. The number of aliphatic imine (C=N–C) groups is 1. The number of nitrogens with zero attached hydrogens (tertiary/aromatic N) is 1. The summed E-state index contributed by atoms with van der Waals surface area (Å²) < 4.78 is 10.4. The Balaban J connectivity index is 2.14. The molecule has 0 spiro atoms. The van der Waals surface area contributed by atoms with E-state index in [-0.39, 0.29) is 0 Å². The van der Waals surface area contributed by atoms with E-state index in [1.807, 2.05) is 25.1 Å². The molecule has 0 atom stereocenters. The Morgan fingerprint density at radius 1 is 1.47 bits per heavy atom. The molecule has 80 valence electrons. The van der Waals surface area contributed by atoms with E-state index in [9.17, 15) is 0 Å². The van der Waals surface area contributed by atoms with Gasteiger partial charge in [-0.25, -0.2) is 4.99 Å². The van der Waals surface area contributed by atoms with E-state index in [1.54, 1.807) is 7.11 Å². The summed E-state index contributed by atoms with van der Waals surface area (Å²) in [6, 6.07) is 6.43. The lowest BCUT2D eigenvalue weighted by Gasteiger charge is -2.09. The molecule has 0 saturated carbocycles. The first-order valence-corrected chi connectivity index (χ1v) is 4.88. The van der Waals surface area contributed by atoms with Crippen LogP contribution in [0, 0.1) is 6.92 Å². The monoisotopic (exact) mass is 206 g/mol. The maximum Gasteiger partial charge on any atom is 0.289 e. The number of ether oxygens (including phenoxy) is 2. The number of anilines is 1. The fourth-order valence-corrected chi connectivity index (χ4v) is 1.43. The van der Waals surface area contributed by atoms with Gasteiger partial charge in [0.2, 0.25) is 0 Å². The standard InChI is InChI=1S/C11H14N2O2/c1-8-7-9(14-2)3-4-10(8)13-11-12-5-6-15-11/h3-4,7H,5-6H2,1-2H3,(H,12,13). The second kappa shape index (κ2) is 4.21. The minimum atomic E-state index is 0.600. The maximum atomic E-state index is 5.28. The van der Waals surface area contributed by atoms with Crippen molar-refractivity contribution in [1.82, 2.24) is 0 Å². The lowest BCUT2D eigenvalue weighted by atomic mass is 10.2. The van der Waals surface area contributed by atoms with Gasteiger partial charge in [0, 0.05) is 5.69 Å². The van der Waals surface area contributed by atoms with Gasteiger partial charge in [-0.2, -0.15) is 0 Å². The van der Waals surface area contributed by atoms with E-state index in [0.717, 1.165) is 23.5 Å². The van der Waals surface area contributed by atoms with Gasteiger partial charge in [-0.1, -0.05) is 0 Å². The van der Waals surface area contributed by atoms with Crippen LogP contribution in [0.2, 0.25) is 0 Å². The molecule has 0 saturated heterocycles. The average Bonchev–Trinajstić information content (AvgIpc) is 2.74. The van der Waals surface area contributed by atoms with Gasteiger partial charge < -0.3 is 14.8 Å². The molecule has 0 bridgehead atoms. The molecule has 0 aromatic heterocycles. The zero-order valence-electron chi connectivity index (χ0n) is 8.91. The van der Waals surface area contributed by atoms with Gasteiger partial charge in [0.25, 0.3) is 6.02 Å². The lowest BCUT2D eigenvalue weighted by molar-refractivity contribution is 0.346. The highest BCUT2D eigenvalue weighted by Crippen LogP contribution is 2.21. The SMILES string of the molecule is COc1ccc(NC2=NCCO2)c(C)c1. The molecular formula is C11H14N2O2. The van der Waals surface area contributed by atoms with Gasteiger partial charge in [0.1, 0.15) is 12.4 Å². The van der Waals surface area contributed by atoms with Crippen LogP contribution in [0.4, 0.5) is 5.69 Å². The zero-order valence-corrected chi connectivity index (χ0v) is 8.91. The Kier molecular flexibility index (Phi) is 2.76. The van der Waals surface area contributed by atoms with Gasteiger partial charge in [-0.3, -0.25) is 0 Å². The largest absolute Gasteiger partial charge is 0.497 e. The van der Waals surface area contributed by atoms with Crippen LogP contribution >= 0.6 is 0 Å². The molecule has 0 aliphatic carbocycles. The van der Waals surface area contributed by atoms with E-state index in [0.29, 0.717) is 12.6 Å². The summed E-state index contributed by atoms with van der Waals surface area (Å²) in [4.78, 5) is 4.17. The smallest absolute Gasteiger partial charge is 0.289 e. The first-order chi connectivity index (χ1) is 7.29. The summed E-state index contributed by atoms with van der Waals surface area (Å²) in [5.41, 5.74) is 2.10. The molecule has 2 rings (SSSR count). The fraction of sp³-hybridized carbons (Fsp3) is 0.364. The topological polar surface area (TPSA) is 42.8 Å². The van der Waals surface area contributed by atoms with Crippen molar-refractivity contribution in [3.05, 3.63) is 23.8 Å². The van der Waals surface area contributed by atoms with Crippen molar-refractivity contribution in [2.75, 3.05) is 25.6 Å². The molecule has 4 nitrogen and oxygen atoms in total. The number of hydrogen-bond donors (Lipinski definition) is 1. The van der Waals surface area contributed by atoms with Crippen LogP contribution in [0.25, 0.3) is 0 Å². The second-order valence-electron chi connectivity index (χ2n) is 3.34. The molecule has 0 radical (unpaired) electrons. The number of methoxy groups -OCH3 is 1. The van der Waals surface area contributed by atoms with Crippen molar-refractivity contribution in [1.29, 1.82) is 0 Å². The highest BCUT2D eigenvalue weighted by atomic mass is 16.5. The summed E-state index contributed by atoms with van der Waals surface area (Å²) in [6.45, 7) is 3.41. The minimum Gasteiger partial charge on any atom is -0.497 e. The fourth-order valence-electron chi connectivity index (χ4n) is 1.43. The molecule has 0 fully saturated rings. The maximum absolute atomic E-state index is 5.28. The molecule has 1 aliphatic rings. The van der Waals surface area contributed by atoms with Crippen LogP contribution in [0.3, 0.4) is 0 Å². The third-order valence-corrected chi connectivity index (χ3v) is 2.26.